The third kappa shape index (κ3) is 4.76. The zero-order chi connectivity index (χ0) is 14.4. The van der Waals surface area contributed by atoms with E-state index in [2.05, 4.69) is 10.6 Å². The number of nitrogens with one attached hydrogen (secondary N) is 2. The van der Waals surface area contributed by atoms with Crippen molar-refractivity contribution in [3.63, 3.8) is 0 Å². The van der Waals surface area contributed by atoms with Crippen LogP contribution in [0.3, 0.4) is 0 Å². The van der Waals surface area contributed by atoms with Gasteiger partial charge in [-0.05, 0) is 45.2 Å². The van der Waals surface area contributed by atoms with E-state index in [1.54, 1.807) is 0 Å². The van der Waals surface area contributed by atoms with E-state index in [1.165, 1.54) is 0 Å². The average Bonchev–Trinajstić information content (AvgIpc) is 2.88. The Kier molecular flexibility index (Phi) is 5.79. The molecule has 1 heterocycles. The number of carbonyl (C=O) groups is 2. The first-order chi connectivity index (χ1) is 9.65. The molecule has 1 aliphatic carbocycles. The van der Waals surface area contributed by atoms with E-state index in [4.69, 9.17) is 9.84 Å². The number of carboxylic acid groups (broad SMARTS) is 1. The maximum absolute atomic E-state index is 11.8. The molecule has 6 nitrogen and oxygen atoms in total. The molecular weight excluding hydrogens is 260 g/mol. The average molecular weight is 284 g/mol. The molecule has 2 aliphatic rings. The van der Waals surface area contributed by atoms with Gasteiger partial charge < -0.3 is 20.5 Å². The third-order valence-electron chi connectivity index (χ3n) is 4.12. The largest absolute Gasteiger partial charge is 0.481 e. The van der Waals surface area contributed by atoms with Gasteiger partial charge in [-0.25, -0.2) is 0 Å². The Morgan fingerprint density at radius 1 is 1.20 bits per heavy atom. The fourth-order valence-corrected chi connectivity index (χ4v) is 2.92. The van der Waals surface area contributed by atoms with Crippen LogP contribution in [0.5, 0.6) is 0 Å². The lowest BCUT2D eigenvalue weighted by Gasteiger charge is -2.23. The number of carboxylic acids is 1. The number of hydrogen-bond acceptors (Lipinski definition) is 4. The van der Waals surface area contributed by atoms with Crippen molar-refractivity contribution >= 4 is 11.9 Å². The molecule has 2 atom stereocenters. The van der Waals surface area contributed by atoms with Crippen molar-refractivity contribution in [1.82, 2.24) is 10.6 Å². The van der Waals surface area contributed by atoms with Crippen molar-refractivity contribution in [2.45, 2.75) is 50.7 Å². The monoisotopic (exact) mass is 284 g/mol. The van der Waals surface area contributed by atoms with Gasteiger partial charge in [0.25, 0.3) is 0 Å². The van der Waals surface area contributed by atoms with Gasteiger partial charge in [-0.15, -0.1) is 0 Å². The number of carbonyl (C=O) groups excluding carboxylic acids is 1. The van der Waals surface area contributed by atoms with E-state index in [0.717, 1.165) is 32.4 Å². The predicted molar refractivity (Wildman–Crippen MR) is 73.4 cm³/mol. The second-order valence-electron chi connectivity index (χ2n) is 5.68. The molecular formula is C14H24N2O4. The van der Waals surface area contributed by atoms with Crippen molar-refractivity contribution in [1.29, 1.82) is 0 Å². The molecule has 0 aromatic carbocycles. The second kappa shape index (κ2) is 7.59. The fraction of sp³-hybridized carbons (Fsp3) is 0.857. The Morgan fingerprint density at radius 3 is 2.60 bits per heavy atom. The van der Waals surface area contributed by atoms with E-state index < -0.39 is 5.97 Å². The summed E-state index contributed by atoms with van der Waals surface area (Å²) in [6, 6.07) is 0.0162. The highest BCUT2D eigenvalue weighted by molar-refractivity contribution is 5.76. The highest BCUT2D eigenvalue weighted by Crippen LogP contribution is 2.25. The minimum atomic E-state index is -0.754. The Balaban J connectivity index is 1.57. The predicted octanol–water partition coefficient (Wildman–Crippen LogP) is 0.515. The van der Waals surface area contributed by atoms with E-state index in [1.807, 2.05) is 0 Å². The van der Waals surface area contributed by atoms with Crippen LogP contribution in [-0.2, 0) is 14.3 Å². The topological polar surface area (TPSA) is 87.7 Å². The van der Waals surface area contributed by atoms with Crippen molar-refractivity contribution in [2.75, 3.05) is 19.7 Å². The summed E-state index contributed by atoms with van der Waals surface area (Å²) in [5.41, 5.74) is 0. The molecule has 20 heavy (non-hydrogen) atoms. The molecule has 2 rings (SSSR count). The summed E-state index contributed by atoms with van der Waals surface area (Å²) in [5, 5.41) is 15.1. The standard InChI is InChI=1S/C14H24N2O4/c17-13(5-8-20-12-3-6-15-7-4-12)16-11-2-1-10(9-11)14(18)19/h10-12,15H,1-9H2,(H,16,17)(H,18,19). The summed E-state index contributed by atoms with van der Waals surface area (Å²) in [4.78, 5) is 22.6. The number of piperidine rings is 1. The number of amides is 1. The molecule has 1 amide bonds. The molecule has 0 bridgehead atoms. The smallest absolute Gasteiger partial charge is 0.306 e. The van der Waals surface area contributed by atoms with Gasteiger partial charge in [-0.1, -0.05) is 0 Å². The summed E-state index contributed by atoms with van der Waals surface area (Å²) in [6.07, 6.45) is 4.61. The fourth-order valence-electron chi connectivity index (χ4n) is 2.92. The molecule has 2 fully saturated rings. The first-order valence-corrected chi connectivity index (χ1v) is 7.49. The van der Waals surface area contributed by atoms with Crippen molar-refractivity contribution < 1.29 is 19.4 Å². The van der Waals surface area contributed by atoms with Crippen LogP contribution in [0.4, 0.5) is 0 Å². The highest BCUT2D eigenvalue weighted by Gasteiger charge is 2.30. The van der Waals surface area contributed by atoms with Crippen molar-refractivity contribution in [3.05, 3.63) is 0 Å². The lowest BCUT2D eigenvalue weighted by Crippen LogP contribution is -2.35. The summed E-state index contributed by atoms with van der Waals surface area (Å²) in [7, 11) is 0. The molecule has 2 unspecified atom stereocenters. The van der Waals surface area contributed by atoms with Crippen LogP contribution in [0.15, 0.2) is 0 Å². The van der Waals surface area contributed by atoms with Crippen LogP contribution in [0.2, 0.25) is 0 Å². The van der Waals surface area contributed by atoms with Gasteiger partial charge in [0.15, 0.2) is 0 Å². The molecule has 1 saturated carbocycles. The number of aliphatic carboxylic acids is 1. The van der Waals surface area contributed by atoms with Gasteiger partial charge >= 0.3 is 5.97 Å². The number of hydrogen-bond donors (Lipinski definition) is 3. The van der Waals surface area contributed by atoms with Crippen LogP contribution in [-0.4, -0.2) is 48.8 Å². The Bertz CT molecular complexity index is 342. The molecule has 1 saturated heterocycles. The molecule has 6 heteroatoms. The van der Waals surface area contributed by atoms with Crippen LogP contribution in [0.1, 0.15) is 38.5 Å². The van der Waals surface area contributed by atoms with Gasteiger partial charge in [0.05, 0.1) is 18.6 Å². The van der Waals surface area contributed by atoms with Gasteiger partial charge in [0.2, 0.25) is 5.91 Å². The lowest BCUT2D eigenvalue weighted by atomic mass is 10.1. The molecule has 3 N–H and O–H groups in total. The minimum Gasteiger partial charge on any atom is -0.481 e. The molecule has 0 aromatic rings. The molecule has 0 aromatic heterocycles. The number of rotatable bonds is 6. The van der Waals surface area contributed by atoms with E-state index >= 15 is 0 Å². The normalized spacial score (nSPS) is 27.4. The molecule has 114 valence electrons. The molecule has 1 aliphatic heterocycles. The highest BCUT2D eigenvalue weighted by atomic mass is 16.5. The first-order valence-electron chi connectivity index (χ1n) is 7.49. The van der Waals surface area contributed by atoms with E-state index in [0.29, 0.717) is 25.9 Å². The zero-order valence-corrected chi connectivity index (χ0v) is 11.8. The Hall–Kier alpha value is -1.14. The summed E-state index contributed by atoms with van der Waals surface area (Å²) in [6.45, 7) is 2.41. The van der Waals surface area contributed by atoms with E-state index in [9.17, 15) is 9.59 Å². The van der Waals surface area contributed by atoms with Crippen LogP contribution in [0.25, 0.3) is 0 Å². The Labute approximate surface area is 119 Å². The van der Waals surface area contributed by atoms with Crippen molar-refractivity contribution in [3.8, 4) is 0 Å². The Morgan fingerprint density at radius 2 is 1.95 bits per heavy atom. The maximum Gasteiger partial charge on any atom is 0.306 e. The molecule has 0 spiro atoms. The van der Waals surface area contributed by atoms with Gasteiger partial charge in [0.1, 0.15) is 0 Å². The van der Waals surface area contributed by atoms with Gasteiger partial charge in [-0.2, -0.15) is 0 Å². The van der Waals surface area contributed by atoms with E-state index in [-0.39, 0.29) is 24.0 Å². The van der Waals surface area contributed by atoms with Crippen LogP contribution >= 0.6 is 0 Å². The maximum atomic E-state index is 11.8. The van der Waals surface area contributed by atoms with Crippen LogP contribution < -0.4 is 10.6 Å². The second-order valence-corrected chi connectivity index (χ2v) is 5.68. The first kappa shape index (κ1) is 15.3. The van der Waals surface area contributed by atoms with Crippen molar-refractivity contribution in [2.24, 2.45) is 5.92 Å². The van der Waals surface area contributed by atoms with Gasteiger partial charge in [0, 0.05) is 12.5 Å². The summed E-state index contributed by atoms with van der Waals surface area (Å²) >= 11 is 0. The lowest BCUT2D eigenvalue weighted by molar-refractivity contribution is -0.141. The summed E-state index contributed by atoms with van der Waals surface area (Å²) < 4.78 is 5.68. The minimum absolute atomic E-state index is 0.0162. The molecule has 0 radical (unpaired) electrons. The number of ether oxygens (including phenoxy) is 1. The van der Waals surface area contributed by atoms with Gasteiger partial charge in [-0.3, -0.25) is 9.59 Å². The quantitative estimate of drug-likeness (QED) is 0.661. The zero-order valence-electron chi connectivity index (χ0n) is 11.8. The van der Waals surface area contributed by atoms with Crippen LogP contribution in [0, 0.1) is 5.92 Å². The summed E-state index contributed by atoms with van der Waals surface area (Å²) in [5.74, 6) is -1.09. The third-order valence-corrected chi connectivity index (χ3v) is 4.12. The SMILES string of the molecule is O=C(CCOC1CCNCC1)NC1CCC(C(=O)O)C1.